The van der Waals surface area contributed by atoms with Gasteiger partial charge in [0.1, 0.15) is 0 Å². The lowest BCUT2D eigenvalue weighted by molar-refractivity contribution is -0.116. The molecule has 0 aliphatic heterocycles. The predicted octanol–water partition coefficient (Wildman–Crippen LogP) is 3.19. The summed E-state index contributed by atoms with van der Waals surface area (Å²) in [7, 11) is -1.83. The van der Waals surface area contributed by atoms with Crippen LogP contribution >= 0.6 is 0 Å². The molecule has 2 aromatic rings. The van der Waals surface area contributed by atoms with Crippen molar-refractivity contribution in [3.8, 4) is 0 Å². The first kappa shape index (κ1) is 22.8. The molecule has 0 saturated heterocycles. The van der Waals surface area contributed by atoms with Gasteiger partial charge in [-0.05, 0) is 34.9 Å². The number of benzene rings is 2. The van der Waals surface area contributed by atoms with E-state index in [-0.39, 0.29) is 10.8 Å². The minimum absolute atomic E-state index is 0.220. The highest BCUT2D eigenvalue weighted by Crippen LogP contribution is 2.16. The second kappa shape index (κ2) is 10.9. The van der Waals surface area contributed by atoms with Crippen molar-refractivity contribution in [3.05, 3.63) is 71.3 Å². The van der Waals surface area contributed by atoms with Gasteiger partial charge in [-0.1, -0.05) is 50.2 Å². The molecule has 0 aliphatic rings. The van der Waals surface area contributed by atoms with E-state index >= 15 is 0 Å². The maximum Gasteiger partial charge on any atom is 0.244 e. The van der Waals surface area contributed by atoms with Crippen LogP contribution in [0.5, 0.6) is 0 Å². The van der Waals surface area contributed by atoms with Gasteiger partial charge >= 0.3 is 0 Å². The van der Waals surface area contributed by atoms with Crippen molar-refractivity contribution >= 4 is 22.0 Å². The van der Waals surface area contributed by atoms with Gasteiger partial charge in [0.05, 0.1) is 11.5 Å². The summed E-state index contributed by atoms with van der Waals surface area (Å²) in [5.41, 5.74) is 2.79. The first-order valence-corrected chi connectivity index (χ1v) is 11.0. The number of methoxy groups -OCH3 is 1. The van der Waals surface area contributed by atoms with Crippen molar-refractivity contribution < 1.29 is 17.9 Å². The van der Waals surface area contributed by atoms with E-state index in [9.17, 15) is 13.2 Å². The van der Waals surface area contributed by atoms with Crippen molar-refractivity contribution in [3.63, 3.8) is 0 Å². The van der Waals surface area contributed by atoms with Gasteiger partial charge in [0.2, 0.25) is 15.9 Å². The Morgan fingerprint density at radius 2 is 1.72 bits per heavy atom. The van der Waals surface area contributed by atoms with E-state index in [2.05, 4.69) is 5.32 Å². The van der Waals surface area contributed by atoms with E-state index in [0.29, 0.717) is 26.2 Å². The van der Waals surface area contributed by atoms with Crippen molar-refractivity contribution in [2.75, 3.05) is 20.2 Å². The second-order valence-electron chi connectivity index (χ2n) is 6.46. The smallest absolute Gasteiger partial charge is 0.244 e. The fourth-order valence-electron chi connectivity index (χ4n) is 2.88. The fourth-order valence-corrected chi connectivity index (χ4v) is 4.34. The Balaban J connectivity index is 1.96. The van der Waals surface area contributed by atoms with Crippen LogP contribution in [0.4, 0.5) is 0 Å². The lowest BCUT2D eigenvalue weighted by atomic mass is 10.1. The lowest BCUT2D eigenvalue weighted by Gasteiger charge is -2.18. The molecular formula is C22H28N2O4S. The van der Waals surface area contributed by atoms with Gasteiger partial charge in [0.25, 0.3) is 0 Å². The highest BCUT2D eigenvalue weighted by molar-refractivity contribution is 7.89. The Morgan fingerprint density at radius 1 is 1.07 bits per heavy atom. The molecule has 1 N–H and O–H groups in total. The highest BCUT2D eigenvalue weighted by Gasteiger charge is 2.20. The number of carbonyl (C=O) groups excluding carboxylic acids is 1. The third-order valence-electron chi connectivity index (χ3n) is 4.42. The van der Waals surface area contributed by atoms with Crippen LogP contribution in [0.3, 0.4) is 0 Å². The van der Waals surface area contributed by atoms with Gasteiger partial charge in [-0.15, -0.1) is 0 Å². The zero-order valence-corrected chi connectivity index (χ0v) is 17.9. The minimum atomic E-state index is -3.48. The number of rotatable bonds is 10. The zero-order chi connectivity index (χ0) is 21.3. The summed E-state index contributed by atoms with van der Waals surface area (Å²) in [4.78, 5) is 12.3. The predicted molar refractivity (Wildman–Crippen MR) is 115 cm³/mol. The Hall–Kier alpha value is -2.48. The number of nitrogens with zero attached hydrogens (tertiary/aromatic N) is 1. The standard InChI is InChI=1S/C22H28N2O4S/c1-4-24(5-2)29(26,27)21-12-9-18(10-13-21)11-14-22(25)23-16-19-7-6-8-20(15-19)17-28-3/h6-15H,4-5,16-17H2,1-3H3,(H,23,25)/b14-11+. The van der Waals surface area contributed by atoms with Crippen LogP contribution in [-0.2, 0) is 32.7 Å². The largest absolute Gasteiger partial charge is 0.380 e. The van der Waals surface area contributed by atoms with Crippen LogP contribution in [0, 0.1) is 0 Å². The van der Waals surface area contributed by atoms with E-state index < -0.39 is 10.0 Å². The van der Waals surface area contributed by atoms with Gasteiger partial charge in [-0.2, -0.15) is 4.31 Å². The average molecular weight is 417 g/mol. The maximum atomic E-state index is 12.5. The summed E-state index contributed by atoms with van der Waals surface area (Å²) < 4.78 is 31.5. The molecule has 156 valence electrons. The van der Waals surface area contributed by atoms with Gasteiger partial charge in [0.15, 0.2) is 0 Å². The third-order valence-corrected chi connectivity index (χ3v) is 6.48. The Labute approximate surface area is 173 Å². The lowest BCUT2D eigenvalue weighted by Crippen LogP contribution is -2.30. The molecule has 0 fully saturated rings. The summed E-state index contributed by atoms with van der Waals surface area (Å²) in [6.07, 6.45) is 3.09. The zero-order valence-electron chi connectivity index (χ0n) is 17.1. The normalized spacial score (nSPS) is 11.9. The van der Waals surface area contributed by atoms with Crippen LogP contribution in [0.1, 0.15) is 30.5 Å². The first-order chi connectivity index (χ1) is 13.9. The van der Waals surface area contributed by atoms with E-state index in [1.807, 2.05) is 38.1 Å². The number of hydrogen-bond donors (Lipinski definition) is 1. The summed E-state index contributed by atoms with van der Waals surface area (Å²) >= 11 is 0. The van der Waals surface area contributed by atoms with Gasteiger partial charge in [-0.3, -0.25) is 4.79 Å². The van der Waals surface area contributed by atoms with Crippen molar-refractivity contribution in [1.82, 2.24) is 9.62 Å². The quantitative estimate of drug-likeness (QED) is 0.604. The van der Waals surface area contributed by atoms with E-state index in [0.717, 1.165) is 16.7 Å². The fraction of sp³-hybridized carbons (Fsp3) is 0.318. The van der Waals surface area contributed by atoms with Crippen molar-refractivity contribution in [2.45, 2.75) is 31.9 Å². The van der Waals surface area contributed by atoms with Crippen LogP contribution in [0.15, 0.2) is 59.5 Å². The number of hydrogen-bond acceptors (Lipinski definition) is 4. The molecule has 0 saturated carbocycles. The van der Waals surface area contributed by atoms with Crippen LogP contribution in [0.2, 0.25) is 0 Å². The maximum absolute atomic E-state index is 12.5. The Kier molecular flexibility index (Phi) is 8.57. The van der Waals surface area contributed by atoms with E-state index in [4.69, 9.17) is 4.74 Å². The number of carbonyl (C=O) groups is 1. The van der Waals surface area contributed by atoms with Crippen molar-refractivity contribution in [1.29, 1.82) is 0 Å². The molecular weight excluding hydrogens is 388 g/mol. The molecule has 7 heteroatoms. The number of nitrogens with one attached hydrogen (secondary N) is 1. The molecule has 0 bridgehead atoms. The molecule has 2 rings (SSSR count). The third kappa shape index (κ3) is 6.52. The summed E-state index contributed by atoms with van der Waals surface area (Å²) in [6.45, 7) is 5.42. The van der Waals surface area contributed by atoms with Gasteiger partial charge in [0, 0.05) is 32.8 Å². The van der Waals surface area contributed by atoms with Crippen LogP contribution in [0.25, 0.3) is 6.08 Å². The first-order valence-electron chi connectivity index (χ1n) is 9.53. The van der Waals surface area contributed by atoms with Crippen LogP contribution in [-0.4, -0.2) is 38.8 Å². The van der Waals surface area contributed by atoms with Crippen molar-refractivity contribution in [2.24, 2.45) is 0 Å². The van der Waals surface area contributed by atoms with E-state index in [1.165, 1.54) is 10.4 Å². The highest BCUT2D eigenvalue weighted by atomic mass is 32.2. The molecule has 0 radical (unpaired) electrons. The SMILES string of the molecule is CCN(CC)S(=O)(=O)c1ccc(/C=C/C(=O)NCc2cccc(COC)c2)cc1. The molecule has 0 atom stereocenters. The second-order valence-corrected chi connectivity index (χ2v) is 8.40. The monoisotopic (exact) mass is 416 g/mol. The molecule has 29 heavy (non-hydrogen) atoms. The number of ether oxygens (including phenoxy) is 1. The minimum Gasteiger partial charge on any atom is -0.380 e. The molecule has 0 aliphatic carbocycles. The molecule has 0 aromatic heterocycles. The number of amides is 1. The summed E-state index contributed by atoms with van der Waals surface area (Å²) in [6, 6.07) is 14.3. The van der Waals surface area contributed by atoms with E-state index in [1.54, 1.807) is 37.5 Å². The van der Waals surface area contributed by atoms with Gasteiger partial charge < -0.3 is 10.1 Å². The average Bonchev–Trinajstić information content (AvgIpc) is 2.72. The molecule has 1 amide bonds. The summed E-state index contributed by atoms with van der Waals surface area (Å²) in [5.74, 6) is -0.220. The van der Waals surface area contributed by atoms with Crippen LogP contribution < -0.4 is 5.32 Å². The molecule has 0 unspecified atom stereocenters. The summed E-state index contributed by atoms with van der Waals surface area (Å²) in [5, 5.41) is 2.84. The topological polar surface area (TPSA) is 75.7 Å². The molecule has 0 heterocycles. The molecule has 0 spiro atoms. The Bertz CT molecular complexity index is 934. The number of sulfonamides is 1. The van der Waals surface area contributed by atoms with Gasteiger partial charge in [-0.25, -0.2) is 8.42 Å². The Morgan fingerprint density at radius 3 is 2.34 bits per heavy atom. The molecule has 2 aromatic carbocycles. The molecule has 6 nitrogen and oxygen atoms in total.